The normalized spacial score (nSPS) is 19.4. The number of nitrogens with zero attached hydrogens (tertiary/aromatic N) is 1. The van der Waals surface area contributed by atoms with E-state index in [1.54, 1.807) is 13.0 Å². The zero-order chi connectivity index (χ0) is 11.7. The first kappa shape index (κ1) is 10.7. The molecule has 86 valence electrons. The predicted molar refractivity (Wildman–Crippen MR) is 56.9 cm³/mol. The fourth-order valence-electron chi connectivity index (χ4n) is 1.50. The first-order valence-electron chi connectivity index (χ1n) is 4.92. The zero-order valence-electron chi connectivity index (χ0n) is 8.77. The molecule has 0 saturated heterocycles. The summed E-state index contributed by atoms with van der Waals surface area (Å²) in [6, 6.07) is 0. The Morgan fingerprint density at radius 1 is 1.62 bits per heavy atom. The molecule has 1 aliphatic heterocycles. The third-order valence-electron chi connectivity index (χ3n) is 2.40. The van der Waals surface area contributed by atoms with Gasteiger partial charge in [0.1, 0.15) is 6.10 Å². The van der Waals surface area contributed by atoms with Crippen LogP contribution in [0.4, 0.5) is 0 Å². The number of aromatic amines is 1. The van der Waals surface area contributed by atoms with Crippen molar-refractivity contribution in [2.45, 2.75) is 19.4 Å². The number of rotatable bonds is 2. The molecule has 2 N–H and O–H groups in total. The van der Waals surface area contributed by atoms with Crippen LogP contribution in [0, 0.1) is 6.92 Å². The zero-order valence-corrected chi connectivity index (χ0v) is 8.77. The van der Waals surface area contributed by atoms with E-state index >= 15 is 0 Å². The predicted octanol–water partition coefficient (Wildman–Crippen LogP) is -0.575. The molecule has 6 nitrogen and oxygen atoms in total. The number of H-pyrrole nitrogens is 1. The first-order chi connectivity index (χ1) is 7.61. The molecule has 1 atom stereocenters. The summed E-state index contributed by atoms with van der Waals surface area (Å²) < 4.78 is 6.55. The molecular weight excluding hydrogens is 212 g/mol. The lowest BCUT2D eigenvalue weighted by Gasteiger charge is -2.11. The van der Waals surface area contributed by atoms with Crippen LogP contribution >= 0.6 is 0 Å². The summed E-state index contributed by atoms with van der Waals surface area (Å²) in [5.41, 5.74) is -0.518. The van der Waals surface area contributed by atoms with Crippen molar-refractivity contribution in [3.63, 3.8) is 0 Å². The molecule has 0 radical (unpaired) electrons. The highest BCUT2D eigenvalue weighted by atomic mass is 16.5. The van der Waals surface area contributed by atoms with Crippen LogP contribution in [-0.4, -0.2) is 27.4 Å². The molecule has 0 fully saturated rings. The molecule has 6 heteroatoms. The molecule has 1 aromatic rings. The van der Waals surface area contributed by atoms with E-state index in [1.165, 1.54) is 10.8 Å². The van der Waals surface area contributed by atoms with Gasteiger partial charge in [-0.05, 0) is 13.0 Å². The maximum atomic E-state index is 11.5. The topological polar surface area (TPSA) is 84.3 Å². The summed E-state index contributed by atoms with van der Waals surface area (Å²) in [5.74, 6) is 0.350. The van der Waals surface area contributed by atoms with Gasteiger partial charge < -0.3 is 9.84 Å². The molecule has 0 spiro atoms. The first-order valence-corrected chi connectivity index (χ1v) is 4.92. The molecule has 0 bridgehead atoms. The average Bonchev–Trinajstić information content (AvgIpc) is 2.71. The lowest BCUT2D eigenvalue weighted by Crippen LogP contribution is -2.30. The van der Waals surface area contributed by atoms with Gasteiger partial charge in [0.25, 0.3) is 5.56 Å². The maximum absolute atomic E-state index is 11.5. The molecule has 0 saturated carbocycles. The van der Waals surface area contributed by atoms with Crippen LogP contribution < -0.4 is 11.2 Å². The van der Waals surface area contributed by atoms with Crippen molar-refractivity contribution in [3.05, 3.63) is 38.7 Å². The van der Waals surface area contributed by atoms with Gasteiger partial charge in [-0.2, -0.15) is 0 Å². The molecule has 1 aromatic heterocycles. The van der Waals surface area contributed by atoms with Crippen LogP contribution in [0.5, 0.6) is 0 Å². The lowest BCUT2D eigenvalue weighted by molar-refractivity contribution is 0.102. The van der Waals surface area contributed by atoms with E-state index < -0.39 is 11.2 Å². The number of aromatic nitrogens is 2. The second-order valence-corrected chi connectivity index (χ2v) is 3.64. The van der Waals surface area contributed by atoms with Crippen LogP contribution in [0.3, 0.4) is 0 Å². The van der Waals surface area contributed by atoms with E-state index in [2.05, 4.69) is 4.98 Å². The van der Waals surface area contributed by atoms with E-state index in [9.17, 15) is 9.59 Å². The number of aliphatic hydroxyl groups excluding tert-OH is 1. The number of aliphatic hydroxyl groups is 1. The molecule has 0 aliphatic carbocycles. The van der Waals surface area contributed by atoms with Crippen molar-refractivity contribution >= 4 is 5.88 Å². The lowest BCUT2D eigenvalue weighted by atomic mass is 10.3. The van der Waals surface area contributed by atoms with Crippen molar-refractivity contribution in [2.75, 3.05) is 6.61 Å². The summed E-state index contributed by atoms with van der Waals surface area (Å²) in [5, 5.41) is 8.90. The molecule has 1 aliphatic rings. The van der Waals surface area contributed by atoms with Gasteiger partial charge in [-0.25, -0.2) is 9.36 Å². The monoisotopic (exact) mass is 224 g/mol. The van der Waals surface area contributed by atoms with E-state index in [4.69, 9.17) is 9.84 Å². The van der Waals surface area contributed by atoms with Crippen molar-refractivity contribution in [1.29, 1.82) is 0 Å². The smallest absolute Gasteiger partial charge is 0.335 e. The second-order valence-electron chi connectivity index (χ2n) is 3.64. The summed E-state index contributed by atoms with van der Waals surface area (Å²) >= 11 is 0. The Balaban J connectivity index is 2.39. The van der Waals surface area contributed by atoms with Gasteiger partial charge in [0.15, 0.2) is 5.88 Å². The highest BCUT2D eigenvalue weighted by Crippen LogP contribution is 2.18. The fraction of sp³-hybridized carbons (Fsp3) is 0.400. The Kier molecular flexibility index (Phi) is 2.66. The van der Waals surface area contributed by atoms with Gasteiger partial charge in [0.2, 0.25) is 0 Å². The maximum Gasteiger partial charge on any atom is 0.335 e. The third-order valence-corrected chi connectivity index (χ3v) is 2.40. The third kappa shape index (κ3) is 1.79. The van der Waals surface area contributed by atoms with Gasteiger partial charge >= 0.3 is 5.69 Å². The summed E-state index contributed by atoms with van der Waals surface area (Å²) in [6.07, 6.45) is 3.37. The van der Waals surface area contributed by atoms with Crippen molar-refractivity contribution in [3.8, 4) is 0 Å². The van der Waals surface area contributed by atoms with Crippen molar-refractivity contribution < 1.29 is 9.84 Å². The molecule has 2 rings (SSSR count). The van der Waals surface area contributed by atoms with E-state index in [1.807, 2.05) is 0 Å². The second kappa shape index (κ2) is 3.97. The minimum atomic E-state index is -0.541. The Hall–Kier alpha value is -1.82. The molecular formula is C10H12N2O4. The Morgan fingerprint density at radius 3 is 3.00 bits per heavy atom. The van der Waals surface area contributed by atoms with Gasteiger partial charge in [-0.3, -0.25) is 9.78 Å². The van der Waals surface area contributed by atoms with E-state index in [0.717, 1.165) is 0 Å². The summed E-state index contributed by atoms with van der Waals surface area (Å²) in [4.78, 5) is 24.8. The number of ether oxygens (including phenoxy) is 1. The Morgan fingerprint density at radius 2 is 2.38 bits per heavy atom. The van der Waals surface area contributed by atoms with E-state index in [0.29, 0.717) is 17.9 Å². The number of hydrogen-bond acceptors (Lipinski definition) is 4. The van der Waals surface area contributed by atoms with Gasteiger partial charge in [-0.15, -0.1) is 0 Å². The molecule has 0 amide bonds. The van der Waals surface area contributed by atoms with Gasteiger partial charge in [0.05, 0.1) is 6.61 Å². The fourth-order valence-corrected chi connectivity index (χ4v) is 1.50. The summed E-state index contributed by atoms with van der Waals surface area (Å²) in [6.45, 7) is 1.50. The number of hydrogen-bond donors (Lipinski definition) is 2. The minimum absolute atomic E-state index is 0.100. The number of nitrogens with one attached hydrogen (secondary N) is 1. The van der Waals surface area contributed by atoms with Crippen LogP contribution in [0.1, 0.15) is 12.0 Å². The number of aryl methyl sites for hydroxylation is 1. The van der Waals surface area contributed by atoms with Crippen LogP contribution in [0.2, 0.25) is 0 Å². The average molecular weight is 224 g/mol. The van der Waals surface area contributed by atoms with Gasteiger partial charge in [0, 0.05) is 18.2 Å². The van der Waals surface area contributed by atoms with Gasteiger partial charge in [-0.1, -0.05) is 0 Å². The molecule has 0 aromatic carbocycles. The quantitative estimate of drug-likeness (QED) is 0.704. The van der Waals surface area contributed by atoms with Crippen LogP contribution in [0.15, 0.2) is 21.9 Å². The molecule has 2 heterocycles. The van der Waals surface area contributed by atoms with Crippen molar-refractivity contribution in [2.24, 2.45) is 0 Å². The minimum Gasteiger partial charge on any atom is -0.473 e. The molecule has 1 unspecified atom stereocenters. The highest BCUT2D eigenvalue weighted by molar-refractivity contribution is 5.40. The SMILES string of the molecule is Cc1cn(C2=CCC(CO)O2)c(=O)[nH]c1=O. The highest BCUT2D eigenvalue weighted by Gasteiger charge is 2.19. The van der Waals surface area contributed by atoms with Crippen molar-refractivity contribution in [1.82, 2.24) is 9.55 Å². The summed E-state index contributed by atoms with van der Waals surface area (Å²) in [7, 11) is 0. The largest absolute Gasteiger partial charge is 0.473 e. The van der Waals surface area contributed by atoms with E-state index in [-0.39, 0.29) is 12.7 Å². The Labute approximate surface area is 90.8 Å². The molecule has 16 heavy (non-hydrogen) atoms. The van der Waals surface area contributed by atoms with Crippen LogP contribution in [0.25, 0.3) is 5.88 Å². The Bertz CT molecular complexity index is 540. The standard InChI is InChI=1S/C10H12N2O4/c1-6-4-12(10(15)11-9(6)14)8-3-2-7(5-13)16-8/h3-4,7,13H,2,5H2,1H3,(H,11,14,15). The van der Waals surface area contributed by atoms with Crippen LogP contribution in [-0.2, 0) is 4.74 Å².